The van der Waals surface area contributed by atoms with E-state index >= 15 is 0 Å². The van der Waals surface area contributed by atoms with E-state index in [-0.39, 0.29) is 16.8 Å². The number of carbonyl (C=O) groups excluding carboxylic acids is 1. The molecule has 0 saturated heterocycles. The lowest BCUT2D eigenvalue weighted by Gasteiger charge is -2.00. The molecule has 25 heavy (non-hydrogen) atoms. The van der Waals surface area contributed by atoms with E-state index in [1.807, 2.05) is 25.1 Å². The van der Waals surface area contributed by atoms with Crippen molar-refractivity contribution < 1.29 is 13.6 Å². The summed E-state index contributed by atoms with van der Waals surface area (Å²) in [6, 6.07) is 9.06. The molecule has 2 heterocycles. The van der Waals surface area contributed by atoms with Crippen LogP contribution in [-0.2, 0) is 0 Å². The number of hydrogen-bond acceptors (Lipinski definition) is 4. The number of benzene rings is 2. The van der Waals surface area contributed by atoms with Crippen molar-refractivity contribution in [2.24, 2.45) is 0 Å². The molecule has 124 valence electrons. The molecule has 0 aliphatic carbocycles. The van der Waals surface area contributed by atoms with Crippen molar-refractivity contribution in [1.82, 2.24) is 14.8 Å². The number of aryl methyl sites for hydroxylation is 1. The summed E-state index contributed by atoms with van der Waals surface area (Å²) in [5.74, 6) is -1.46. The van der Waals surface area contributed by atoms with Gasteiger partial charge < -0.3 is 0 Å². The third kappa shape index (κ3) is 2.72. The number of fused-ring (bicyclic) bond motifs is 1. The monoisotopic (exact) mass is 355 g/mol. The van der Waals surface area contributed by atoms with Gasteiger partial charge in [0.1, 0.15) is 17.3 Å². The Morgan fingerprint density at radius 3 is 2.76 bits per heavy atom. The van der Waals surface area contributed by atoms with Crippen LogP contribution in [0.25, 0.3) is 26.6 Å². The van der Waals surface area contributed by atoms with Crippen molar-refractivity contribution in [3.8, 4) is 16.4 Å². The molecule has 0 fully saturated rings. The van der Waals surface area contributed by atoms with Gasteiger partial charge in [-0.3, -0.25) is 4.79 Å². The summed E-state index contributed by atoms with van der Waals surface area (Å²) in [4.78, 5) is 15.9. The van der Waals surface area contributed by atoms with E-state index in [2.05, 4.69) is 10.1 Å². The molecule has 0 spiro atoms. The number of aldehydes is 1. The second kappa shape index (κ2) is 5.86. The number of aromatic nitrogens is 3. The number of thiazole rings is 1. The molecular formula is C18H11F2N3OS. The van der Waals surface area contributed by atoms with Crippen molar-refractivity contribution in [2.45, 2.75) is 6.92 Å². The molecule has 0 atom stereocenters. The van der Waals surface area contributed by atoms with E-state index in [9.17, 15) is 13.6 Å². The minimum Gasteiger partial charge on any atom is -0.298 e. The van der Waals surface area contributed by atoms with Gasteiger partial charge in [-0.25, -0.2) is 18.4 Å². The van der Waals surface area contributed by atoms with Crippen LogP contribution in [0.1, 0.15) is 15.9 Å². The van der Waals surface area contributed by atoms with Crippen molar-refractivity contribution >= 4 is 27.8 Å². The highest BCUT2D eigenvalue weighted by Crippen LogP contribution is 2.29. The first-order chi connectivity index (χ1) is 12.0. The van der Waals surface area contributed by atoms with Gasteiger partial charge >= 0.3 is 0 Å². The number of rotatable bonds is 3. The highest BCUT2D eigenvalue weighted by molar-refractivity contribution is 7.20. The lowest BCUT2D eigenvalue weighted by molar-refractivity contribution is 0.112. The lowest BCUT2D eigenvalue weighted by atomic mass is 10.1. The Labute approximate surface area is 145 Å². The molecule has 0 aliphatic heterocycles. The predicted octanol–water partition coefficient (Wildman–Crippen LogP) is 4.55. The van der Waals surface area contributed by atoms with E-state index in [1.165, 1.54) is 28.3 Å². The van der Waals surface area contributed by atoms with E-state index in [4.69, 9.17) is 0 Å². The van der Waals surface area contributed by atoms with Crippen molar-refractivity contribution in [3.63, 3.8) is 0 Å². The summed E-state index contributed by atoms with van der Waals surface area (Å²) in [5.41, 5.74) is 2.37. The van der Waals surface area contributed by atoms with Crippen LogP contribution in [0.5, 0.6) is 0 Å². The van der Waals surface area contributed by atoms with E-state index in [0.29, 0.717) is 11.4 Å². The van der Waals surface area contributed by atoms with Crippen LogP contribution in [0.4, 0.5) is 8.78 Å². The standard InChI is InChI=1S/C18H11F2N3OS/c1-10-2-5-15-16(6-10)25-18(21-15)23-8-11(9-24)17(22-23)13-4-3-12(19)7-14(13)20/h2-9H,1H3. The maximum atomic E-state index is 14.1. The minimum atomic E-state index is -0.770. The molecule has 4 nitrogen and oxygen atoms in total. The molecule has 2 aromatic carbocycles. The zero-order chi connectivity index (χ0) is 17.6. The number of hydrogen-bond donors (Lipinski definition) is 0. The van der Waals surface area contributed by atoms with Gasteiger partial charge in [-0.1, -0.05) is 17.4 Å². The maximum Gasteiger partial charge on any atom is 0.211 e. The van der Waals surface area contributed by atoms with E-state index in [1.54, 1.807) is 0 Å². The topological polar surface area (TPSA) is 47.8 Å². The Balaban J connectivity index is 1.86. The molecular weight excluding hydrogens is 344 g/mol. The Kier molecular flexibility index (Phi) is 3.65. The number of nitrogens with zero attached hydrogens (tertiary/aromatic N) is 3. The molecule has 0 bridgehead atoms. The van der Waals surface area contributed by atoms with Gasteiger partial charge in [0, 0.05) is 17.8 Å². The van der Waals surface area contributed by atoms with Gasteiger partial charge in [-0.05, 0) is 36.8 Å². The Bertz CT molecular complexity index is 1120. The Hall–Kier alpha value is -2.93. The molecule has 0 aliphatic rings. The molecule has 0 saturated carbocycles. The van der Waals surface area contributed by atoms with Crippen LogP contribution in [-0.4, -0.2) is 21.1 Å². The number of halogens is 2. The van der Waals surface area contributed by atoms with Gasteiger partial charge in [-0.2, -0.15) is 5.10 Å². The van der Waals surface area contributed by atoms with Gasteiger partial charge in [0.2, 0.25) is 5.13 Å². The van der Waals surface area contributed by atoms with Crippen molar-refractivity contribution in [1.29, 1.82) is 0 Å². The number of carbonyl (C=O) groups is 1. The third-order valence-electron chi connectivity index (χ3n) is 3.78. The quantitative estimate of drug-likeness (QED) is 0.507. The largest absolute Gasteiger partial charge is 0.298 e. The van der Waals surface area contributed by atoms with Crippen LogP contribution >= 0.6 is 11.3 Å². The maximum absolute atomic E-state index is 14.1. The Morgan fingerprint density at radius 2 is 2.00 bits per heavy atom. The predicted molar refractivity (Wildman–Crippen MR) is 92.2 cm³/mol. The average Bonchev–Trinajstić information content (AvgIpc) is 3.18. The van der Waals surface area contributed by atoms with E-state index in [0.717, 1.165) is 27.9 Å². The third-order valence-corrected chi connectivity index (χ3v) is 4.79. The SMILES string of the molecule is Cc1ccc2nc(-n3cc(C=O)c(-c4ccc(F)cc4F)n3)sc2c1. The summed E-state index contributed by atoms with van der Waals surface area (Å²) in [7, 11) is 0. The summed E-state index contributed by atoms with van der Waals surface area (Å²) in [6.45, 7) is 1.99. The van der Waals surface area contributed by atoms with Gasteiger partial charge in [0.05, 0.1) is 15.8 Å². The second-order valence-corrected chi connectivity index (χ2v) is 6.60. The first-order valence-electron chi connectivity index (χ1n) is 7.43. The molecule has 2 aromatic heterocycles. The molecule has 7 heteroatoms. The summed E-state index contributed by atoms with van der Waals surface area (Å²) in [6.07, 6.45) is 2.09. The molecule has 0 radical (unpaired) electrons. The van der Waals surface area contributed by atoms with E-state index < -0.39 is 11.6 Å². The van der Waals surface area contributed by atoms with Crippen LogP contribution in [0.15, 0.2) is 42.6 Å². The zero-order valence-electron chi connectivity index (χ0n) is 13.0. The Morgan fingerprint density at radius 1 is 1.16 bits per heavy atom. The van der Waals surface area contributed by atoms with Gasteiger partial charge in [0.25, 0.3) is 0 Å². The highest BCUT2D eigenvalue weighted by Gasteiger charge is 2.17. The lowest BCUT2D eigenvalue weighted by Crippen LogP contribution is -1.94. The second-order valence-electron chi connectivity index (χ2n) is 5.59. The fraction of sp³-hybridized carbons (Fsp3) is 0.0556. The normalized spacial score (nSPS) is 11.2. The van der Waals surface area contributed by atoms with Crippen LogP contribution in [0.2, 0.25) is 0 Å². The minimum absolute atomic E-state index is 0.0687. The highest BCUT2D eigenvalue weighted by atomic mass is 32.1. The van der Waals surface area contributed by atoms with Crippen LogP contribution in [0.3, 0.4) is 0 Å². The molecule has 0 N–H and O–H groups in total. The van der Waals surface area contributed by atoms with Crippen molar-refractivity contribution in [3.05, 3.63) is 65.4 Å². The summed E-state index contributed by atoms with van der Waals surface area (Å²) >= 11 is 1.42. The molecule has 0 amide bonds. The fourth-order valence-corrected chi connectivity index (χ4v) is 3.57. The van der Waals surface area contributed by atoms with Gasteiger partial charge in [0.15, 0.2) is 6.29 Å². The fourth-order valence-electron chi connectivity index (χ4n) is 2.58. The van der Waals surface area contributed by atoms with Gasteiger partial charge in [-0.15, -0.1) is 0 Å². The first kappa shape index (κ1) is 15.6. The molecule has 0 unspecified atom stereocenters. The first-order valence-corrected chi connectivity index (χ1v) is 8.24. The average molecular weight is 355 g/mol. The van der Waals surface area contributed by atoms with Crippen LogP contribution in [0, 0.1) is 18.6 Å². The summed E-state index contributed by atoms with van der Waals surface area (Å²) < 4.78 is 29.6. The summed E-state index contributed by atoms with van der Waals surface area (Å²) in [5, 5.41) is 4.87. The molecule has 4 rings (SSSR count). The van der Waals surface area contributed by atoms with Crippen molar-refractivity contribution in [2.75, 3.05) is 0 Å². The van der Waals surface area contributed by atoms with Crippen LogP contribution < -0.4 is 0 Å². The smallest absolute Gasteiger partial charge is 0.211 e. The zero-order valence-corrected chi connectivity index (χ0v) is 13.8. The molecule has 4 aromatic rings.